The van der Waals surface area contributed by atoms with E-state index in [0.29, 0.717) is 6.42 Å². The van der Waals surface area contributed by atoms with Crippen molar-refractivity contribution in [3.63, 3.8) is 0 Å². The van der Waals surface area contributed by atoms with Gasteiger partial charge in [0.15, 0.2) is 0 Å². The number of halogens is 2. The smallest absolute Gasteiger partial charge is 0.387 e. The summed E-state index contributed by atoms with van der Waals surface area (Å²) in [5.41, 5.74) is 9.11. The van der Waals surface area contributed by atoms with Gasteiger partial charge in [0, 0.05) is 28.3 Å². The topological polar surface area (TPSA) is 35.2 Å². The minimum absolute atomic E-state index is 0.204. The number of ether oxygens (including phenoxy) is 1. The van der Waals surface area contributed by atoms with Crippen molar-refractivity contribution in [1.82, 2.24) is 0 Å². The zero-order chi connectivity index (χ0) is 18.9. The van der Waals surface area contributed by atoms with Crippen LogP contribution in [-0.4, -0.2) is 6.61 Å². The largest absolute Gasteiger partial charge is 0.439 e. The number of nitrogen functional groups attached to an aromatic ring is 1. The summed E-state index contributed by atoms with van der Waals surface area (Å²) in [5.74, 6) is 0.204. The van der Waals surface area contributed by atoms with Crippen molar-refractivity contribution in [2.75, 3.05) is 5.73 Å². The Morgan fingerprint density at radius 1 is 1.23 bits per heavy atom. The molecule has 2 rings (SSSR count). The Morgan fingerprint density at radius 2 is 2.00 bits per heavy atom. The van der Waals surface area contributed by atoms with E-state index in [9.17, 15) is 8.78 Å². The third-order valence-electron chi connectivity index (χ3n) is 3.80. The molecule has 2 N–H and O–H groups in total. The molecule has 0 radical (unpaired) electrons. The first-order valence-electron chi connectivity index (χ1n) is 8.32. The molecule has 0 bridgehead atoms. The summed E-state index contributed by atoms with van der Waals surface area (Å²) in [6.07, 6.45) is 8.63. The third-order valence-corrected chi connectivity index (χ3v) is 4.91. The predicted octanol–water partition coefficient (Wildman–Crippen LogP) is 6.03. The van der Waals surface area contributed by atoms with Gasteiger partial charge in [0.05, 0.1) is 0 Å². The lowest BCUT2D eigenvalue weighted by Gasteiger charge is -2.06. The van der Waals surface area contributed by atoms with E-state index in [1.54, 1.807) is 11.3 Å². The predicted molar refractivity (Wildman–Crippen MR) is 106 cm³/mol. The molecule has 0 aliphatic heterocycles. The zero-order valence-electron chi connectivity index (χ0n) is 14.8. The standard InChI is InChI=1S/C21H23F2NOS/c1-3-6-18(25-21(22)23)7-4-5-8-19-11-12-20(26-19)14-16-13-17(24)10-9-15(16)2/h3-6,9-13,21H,1,7-8,14,24H2,2H3/b5-4+,18-6+. The lowest BCUT2D eigenvalue weighted by Crippen LogP contribution is -1.98. The minimum atomic E-state index is -2.81. The second kappa shape index (κ2) is 9.92. The van der Waals surface area contributed by atoms with Crippen LogP contribution in [-0.2, 0) is 17.6 Å². The molecule has 0 unspecified atom stereocenters. The van der Waals surface area contributed by atoms with Gasteiger partial charge in [-0.1, -0.05) is 30.9 Å². The molecule has 0 aliphatic carbocycles. The highest BCUT2D eigenvalue weighted by Gasteiger charge is 2.06. The molecule has 0 fully saturated rings. The number of allylic oxidation sites excluding steroid dienone is 4. The van der Waals surface area contributed by atoms with E-state index in [1.165, 1.54) is 33.0 Å². The van der Waals surface area contributed by atoms with Crippen LogP contribution < -0.4 is 5.73 Å². The van der Waals surface area contributed by atoms with Crippen molar-refractivity contribution < 1.29 is 13.5 Å². The molecule has 2 nitrogen and oxygen atoms in total. The van der Waals surface area contributed by atoms with Crippen LogP contribution in [0.5, 0.6) is 0 Å². The molecule has 1 heterocycles. The Balaban J connectivity index is 1.90. The van der Waals surface area contributed by atoms with E-state index >= 15 is 0 Å². The van der Waals surface area contributed by atoms with Crippen LogP contribution in [0.2, 0.25) is 0 Å². The molecule has 1 aromatic heterocycles. The van der Waals surface area contributed by atoms with Gasteiger partial charge in [-0.05, 0) is 54.8 Å². The first-order chi connectivity index (χ1) is 12.5. The van der Waals surface area contributed by atoms with Gasteiger partial charge in [0.2, 0.25) is 0 Å². The van der Waals surface area contributed by atoms with Gasteiger partial charge in [0.1, 0.15) is 5.76 Å². The van der Waals surface area contributed by atoms with Crippen LogP contribution in [0, 0.1) is 6.92 Å². The van der Waals surface area contributed by atoms with Crippen molar-refractivity contribution in [2.45, 2.75) is 32.8 Å². The molecule has 138 valence electrons. The fourth-order valence-electron chi connectivity index (χ4n) is 2.50. The van der Waals surface area contributed by atoms with Crippen molar-refractivity contribution in [3.8, 4) is 0 Å². The molecule has 5 heteroatoms. The Labute approximate surface area is 157 Å². The van der Waals surface area contributed by atoms with Gasteiger partial charge < -0.3 is 10.5 Å². The first-order valence-corrected chi connectivity index (χ1v) is 9.13. The summed E-state index contributed by atoms with van der Waals surface area (Å²) in [5, 5.41) is 0. The molecule has 26 heavy (non-hydrogen) atoms. The Bertz CT molecular complexity index is 793. The van der Waals surface area contributed by atoms with Crippen LogP contribution in [0.15, 0.2) is 67.0 Å². The molecule has 0 atom stereocenters. The van der Waals surface area contributed by atoms with Gasteiger partial charge in [0.25, 0.3) is 0 Å². The van der Waals surface area contributed by atoms with E-state index in [1.807, 2.05) is 30.4 Å². The third kappa shape index (κ3) is 6.48. The molecule has 1 aromatic carbocycles. The van der Waals surface area contributed by atoms with Gasteiger partial charge in [-0.2, -0.15) is 8.78 Å². The summed E-state index contributed by atoms with van der Waals surface area (Å²) in [7, 11) is 0. The number of anilines is 1. The highest BCUT2D eigenvalue weighted by Crippen LogP contribution is 2.23. The number of hydrogen-bond acceptors (Lipinski definition) is 3. The number of rotatable bonds is 9. The van der Waals surface area contributed by atoms with Gasteiger partial charge in [-0.15, -0.1) is 11.3 Å². The number of aryl methyl sites for hydroxylation is 1. The number of alkyl halides is 2. The summed E-state index contributed by atoms with van der Waals surface area (Å²) >= 11 is 1.75. The average molecular weight is 375 g/mol. The van der Waals surface area contributed by atoms with Crippen LogP contribution in [0.3, 0.4) is 0 Å². The monoisotopic (exact) mass is 375 g/mol. The summed E-state index contributed by atoms with van der Waals surface area (Å²) in [4.78, 5) is 2.50. The maximum absolute atomic E-state index is 12.3. The normalized spacial score (nSPS) is 12.1. The average Bonchev–Trinajstić information content (AvgIpc) is 3.02. The first kappa shape index (κ1) is 19.9. The van der Waals surface area contributed by atoms with Crippen molar-refractivity contribution in [3.05, 3.63) is 87.9 Å². The Kier molecular flexibility index (Phi) is 7.60. The van der Waals surface area contributed by atoms with E-state index in [2.05, 4.69) is 30.4 Å². The highest BCUT2D eigenvalue weighted by atomic mass is 32.1. The summed E-state index contributed by atoms with van der Waals surface area (Å²) in [6.45, 7) is 2.77. The van der Waals surface area contributed by atoms with E-state index in [-0.39, 0.29) is 5.76 Å². The number of hydrogen-bond donors (Lipinski definition) is 1. The van der Waals surface area contributed by atoms with E-state index in [4.69, 9.17) is 5.73 Å². The lowest BCUT2D eigenvalue weighted by molar-refractivity contribution is -0.0971. The molecular formula is C21H23F2NOS. The lowest BCUT2D eigenvalue weighted by atomic mass is 10.0. The van der Waals surface area contributed by atoms with Crippen LogP contribution in [0.4, 0.5) is 14.5 Å². The minimum Gasteiger partial charge on any atom is -0.439 e. The van der Waals surface area contributed by atoms with Gasteiger partial charge in [-0.3, -0.25) is 0 Å². The van der Waals surface area contributed by atoms with Crippen molar-refractivity contribution >= 4 is 17.0 Å². The molecule has 0 aliphatic rings. The summed E-state index contributed by atoms with van der Waals surface area (Å²) < 4.78 is 29.0. The number of benzene rings is 1. The van der Waals surface area contributed by atoms with Gasteiger partial charge in [-0.25, -0.2) is 0 Å². The second-order valence-corrected chi connectivity index (χ2v) is 7.11. The fourth-order valence-corrected chi connectivity index (χ4v) is 3.51. The molecule has 0 saturated heterocycles. The maximum Gasteiger partial charge on any atom is 0.387 e. The Morgan fingerprint density at radius 3 is 2.73 bits per heavy atom. The SMILES string of the molecule is C=C/C=C(\C/C=C/Cc1ccc(Cc2cc(N)ccc2C)s1)OC(F)F. The quantitative estimate of drug-likeness (QED) is 0.251. The van der Waals surface area contributed by atoms with Crippen molar-refractivity contribution in [1.29, 1.82) is 0 Å². The van der Waals surface area contributed by atoms with Crippen LogP contribution in [0.1, 0.15) is 27.3 Å². The van der Waals surface area contributed by atoms with Crippen LogP contribution >= 0.6 is 11.3 Å². The summed E-state index contributed by atoms with van der Waals surface area (Å²) in [6, 6.07) is 10.2. The molecular weight excluding hydrogens is 352 g/mol. The van der Waals surface area contributed by atoms with E-state index in [0.717, 1.165) is 18.5 Å². The fraction of sp³-hybridized carbons (Fsp3) is 0.238. The number of nitrogens with two attached hydrogens (primary N) is 1. The zero-order valence-corrected chi connectivity index (χ0v) is 15.6. The van der Waals surface area contributed by atoms with Gasteiger partial charge >= 0.3 is 6.61 Å². The van der Waals surface area contributed by atoms with Crippen molar-refractivity contribution in [2.24, 2.45) is 0 Å². The highest BCUT2D eigenvalue weighted by molar-refractivity contribution is 7.12. The molecule has 0 amide bonds. The Hall–Kier alpha value is -2.40. The molecule has 2 aromatic rings. The molecule has 0 saturated carbocycles. The second-order valence-electron chi connectivity index (χ2n) is 5.86. The number of thiophene rings is 1. The van der Waals surface area contributed by atoms with Crippen LogP contribution in [0.25, 0.3) is 0 Å². The maximum atomic E-state index is 12.3. The van der Waals surface area contributed by atoms with E-state index < -0.39 is 6.61 Å². The molecule has 0 spiro atoms.